The van der Waals surface area contributed by atoms with Gasteiger partial charge in [0.2, 0.25) is 0 Å². The van der Waals surface area contributed by atoms with Gasteiger partial charge in [-0.1, -0.05) is 29.8 Å². The van der Waals surface area contributed by atoms with E-state index in [1.165, 1.54) is 11.1 Å². The third-order valence-corrected chi connectivity index (χ3v) is 2.25. The van der Waals surface area contributed by atoms with Crippen LogP contribution in [0.4, 0.5) is 0 Å². The van der Waals surface area contributed by atoms with E-state index in [0.29, 0.717) is 0 Å². The summed E-state index contributed by atoms with van der Waals surface area (Å²) < 4.78 is 0. The molecular weight excluding hydrogens is 301 g/mol. The highest BCUT2D eigenvalue weighted by molar-refractivity contribution is 14.0. The number of hydrogen-bond donors (Lipinski definition) is 2. The Morgan fingerprint density at radius 3 is 2.67 bits per heavy atom. The van der Waals surface area contributed by atoms with Gasteiger partial charge in [0.25, 0.3) is 0 Å². The molecule has 0 saturated carbocycles. The van der Waals surface area contributed by atoms with Crippen molar-refractivity contribution in [2.75, 3.05) is 13.1 Å². The topological polar surface area (TPSA) is 36.4 Å². The van der Waals surface area contributed by atoms with Crippen LogP contribution in [0.2, 0.25) is 0 Å². The molecule has 2 rings (SSSR count). The van der Waals surface area contributed by atoms with E-state index in [4.69, 9.17) is 0 Å². The maximum absolute atomic E-state index is 4.26. The number of halogens is 1. The summed E-state index contributed by atoms with van der Waals surface area (Å²) in [6, 6.07) is 8.53. The highest BCUT2D eigenvalue weighted by atomic mass is 127. The molecule has 0 amide bonds. The van der Waals surface area contributed by atoms with Gasteiger partial charge >= 0.3 is 0 Å². The minimum atomic E-state index is 0. The quantitative estimate of drug-likeness (QED) is 0.814. The first-order chi connectivity index (χ1) is 6.84. The maximum Gasteiger partial charge on any atom is 0.191 e. The molecule has 0 bridgehead atoms. The van der Waals surface area contributed by atoms with Gasteiger partial charge in [-0.3, -0.25) is 4.99 Å². The molecule has 82 valence electrons. The molecule has 2 N–H and O–H groups in total. The van der Waals surface area contributed by atoms with Gasteiger partial charge in [0, 0.05) is 13.1 Å². The predicted octanol–water partition coefficient (Wildman–Crippen LogP) is 1.66. The molecule has 0 spiro atoms. The van der Waals surface area contributed by atoms with Crippen LogP contribution in [-0.4, -0.2) is 19.0 Å². The van der Waals surface area contributed by atoms with E-state index in [1.807, 2.05) is 0 Å². The van der Waals surface area contributed by atoms with Crippen molar-refractivity contribution in [3.05, 3.63) is 35.4 Å². The van der Waals surface area contributed by atoms with Crippen molar-refractivity contribution in [1.29, 1.82) is 0 Å². The number of aliphatic imine (C=N–C) groups is 1. The molecule has 1 aromatic rings. The summed E-state index contributed by atoms with van der Waals surface area (Å²) in [7, 11) is 0. The van der Waals surface area contributed by atoms with Crippen LogP contribution in [-0.2, 0) is 6.54 Å². The van der Waals surface area contributed by atoms with E-state index in [0.717, 1.165) is 25.6 Å². The molecule has 4 heteroatoms. The number of rotatable bonds is 2. The molecule has 0 atom stereocenters. The number of aryl methyl sites for hydroxylation is 1. The molecule has 1 aromatic carbocycles. The summed E-state index contributed by atoms with van der Waals surface area (Å²) in [5.41, 5.74) is 2.58. The van der Waals surface area contributed by atoms with Crippen LogP contribution in [0.25, 0.3) is 0 Å². The number of guanidine groups is 1. The average molecular weight is 317 g/mol. The lowest BCUT2D eigenvalue weighted by atomic mass is 10.1. The van der Waals surface area contributed by atoms with Crippen molar-refractivity contribution in [2.45, 2.75) is 13.5 Å². The van der Waals surface area contributed by atoms with Crippen LogP contribution < -0.4 is 10.6 Å². The fourth-order valence-corrected chi connectivity index (χ4v) is 1.41. The van der Waals surface area contributed by atoms with Crippen LogP contribution in [0.1, 0.15) is 11.1 Å². The van der Waals surface area contributed by atoms with Crippen LogP contribution in [0.15, 0.2) is 29.3 Å². The van der Waals surface area contributed by atoms with Gasteiger partial charge < -0.3 is 10.6 Å². The molecule has 0 saturated heterocycles. The summed E-state index contributed by atoms with van der Waals surface area (Å²) in [5.74, 6) is 0.922. The number of benzene rings is 1. The zero-order valence-corrected chi connectivity index (χ0v) is 11.1. The Morgan fingerprint density at radius 1 is 1.33 bits per heavy atom. The molecule has 1 aliphatic heterocycles. The molecule has 1 heterocycles. The zero-order valence-electron chi connectivity index (χ0n) is 8.79. The first-order valence-corrected chi connectivity index (χ1v) is 4.92. The Hall–Kier alpha value is -0.780. The predicted molar refractivity (Wildman–Crippen MR) is 73.7 cm³/mol. The van der Waals surface area contributed by atoms with Gasteiger partial charge in [-0.05, 0) is 12.5 Å². The summed E-state index contributed by atoms with van der Waals surface area (Å²) in [6.45, 7) is 4.78. The standard InChI is InChI=1S/C11H15N3.HI/c1-9-2-4-10(5-3-9)8-14-11-12-6-7-13-11;/h2-5H,6-8H2,1H3,(H2,12,13,14);1H. The van der Waals surface area contributed by atoms with E-state index < -0.39 is 0 Å². The molecule has 0 unspecified atom stereocenters. The summed E-state index contributed by atoms with van der Waals surface area (Å²) in [6.07, 6.45) is 0. The van der Waals surface area contributed by atoms with Crippen molar-refractivity contribution in [2.24, 2.45) is 4.99 Å². The lowest BCUT2D eigenvalue weighted by Crippen LogP contribution is -2.33. The highest BCUT2D eigenvalue weighted by Crippen LogP contribution is 2.02. The average Bonchev–Trinajstić information content (AvgIpc) is 2.70. The Bertz CT molecular complexity index is 332. The first-order valence-electron chi connectivity index (χ1n) is 4.92. The van der Waals surface area contributed by atoms with Gasteiger partial charge in [0.15, 0.2) is 5.96 Å². The number of hydrogen-bond acceptors (Lipinski definition) is 3. The monoisotopic (exact) mass is 317 g/mol. The molecule has 3 nitrogen and oxygen atoms in total. The highest BCUT2D eigenvalue weighted by Gasteiger charge is 2.02. The SMILES string of the molecule is Cc1ccc(CNC2=NCCN2)cc1.I. The second-order valence-corrected chi connectivity index (χ2v) is 3.50. The van der Waals surface area contributed by atoms with Crippen molar-refractivity contribution >= 4 is 29.9 Å². The minimum Gasteiger partial charge on any atom is -0.355 e. The molecule has 0 aliphatic carbocycles. The normalized spacial score (nSPS) is 13.8. The maximum atomic E-state index is 4.26. The van der Waals surface area contributed by atoms with Gasteiger partial charge in [-0.25, -0.2) is 0 Å². The Labute approximate surface area is 107 Å². The minimum absolute atomic E-state index is 0. The van der Waals surface area contributed by atoms with Crippen molar-refractivity contribution in [3.8, 4) is 0 Å². The molecule has 0 radical (unpaired) electrons. The summed E-state index contributed by atoms with van der Waals surface area (Å²) in [4.78, 5) is 4.26. The molecule has 1 aliphatic rings. The van der Waals surface area contributed by atoms with E-state index in [-0.39, 0.29) is 24.0 Å². The lowest BCUT2D eigenvalue weighted by Gasteiger charge is -2.06. The van der Waals surface area contributed by atoms with Gasteiger partial charge in [0.1, 0.15) is 0 Å². The van der Waals surface area contributed by atoms with Gasteiger partial charge in [-0.15, -0.1) is 24.0 Å². The second-order valence-electron chi connectivity index (χ2n) is 3.50. The number of nitrogens with zero attached hydrogens (tertiary/aromatic N) is 1. The Kier molecular flexibility index (Phi) is 4.87. The summed E-state index contributed by atoms with van der Waals surface area (Å²) in [5, 5.41) is 6.43. The van der Waals surface area contributed by atoms with Gasteiger partial charge in [0.05, 0.1) is 6.54 Å². The molecule has 0 fully saturated rings. The fourth-order valence-electron chi connectivity index (χ4n) is 1.41. The van der Waals surface area contributed by atoms with Crippen LogP contribution >= 0.6 is 24.0 Å². The molecular formula is C11H16IN3. The van der Waals surface area contributed by atoms with E-state index in [9.17, 15) is 0 Å². The zero-order chi connectivity index (χ0) is 9.80. The van der Waals surface area contributed by atoms with Crippen LogP contribution in [0, 0.1) is 6.92 Å². The third-order valence-electron chi connectivity index (χ3n) is 2.25. The third kappa shape index (κ3) is 3.70. The fraction of sp³-hybridized carbons (Fsp3) is 0.364. The smallest absolute Gasteiger partial charge is 0.191 e. The first kappa shape index (κ1) is 12.3. The van der Waals surface area contributed by atoms with E-state index in [2.05, 4.69) is 46.8 Å². The van der Waals surface area contributed by atoms with E-state index in [1.54, 1.807) is 0 Å². The molecule has 15 heavy (non-hydrogen) atoms. The van der Waals surface area contributed by atoms with Crippen molar-refractivity contribution in [1.82, 2.24) is 10.6 Å². The van der Waals surface area contributed by atoms with Crippen LogP contribution in [0.3, 0.4) is 0 Å². The van der Waals surface area contributed by atoms with Crippen LogP contribution in [0.5, 0.6) is 0 Å². The second kappa shape index (κ2) is 5.95. The van der Waals surface area contributed by atoms with E-state index >= 15 is 0 Å². The Morgan fingerprint density at radius 2 is 2.07 bits per heavy atom. The molecule has 0 aromatic heterocycles. The van der Waals surface area contributed by atoms with Crippen molar-refractivity contribution < 1.29 is 0 Å². The van der Waals surface area contributed by atoms with Crippen molar-refractivity contribution in [3.63, 3.8) is 0 Å². The summed E-state index contributed by atoms with van der Waals surface area (Å²) >= 11 is 0. The largest absolute Gasteiger partial charge is 0.355 e. The Balaban J connectivity index is 0.00000112. The number of nitrogens with one attached hydrogen (secondary N) is 2. The lowest BCUT2D eigenvalue weighted by molar-refractivity contribution is 0.867. The van der Waals surface area contributed by atoms with Gasteiger partial charge in [-0.2, -0.15) is 0 Å².